The lowest BCUT2D eigenvalue weighted by Crippen LogP contribution is -2.48. The Morgan fingerprint density at radius 2 is 1.91 bits per heavy atom. The summed E-state index contributed by atoms with van der Waals surface area (Å²) >= 11 is 0. The molecule has 2 rings (SSSR count). The Morgan fingerprint density at radius 1 is 1.23 bits per heavy atom. The predicted molar refractivity (Wildman–Crippen MR) is 90.0 cm³/mol. The van der Waals surface area contributed by atoms with Crippen LogP contribution in [-0.2, 0) is 4.74 Å². The minimum atomic E-state index is -0.256. The van der Waals surface area contributed by atoms with Crippen molar-refractivity contribution in [2.24, 2.45) is 0 Å². The number of morpholine rings is 1. The Hall–Kier alpha value is -0.940. The van der Waals surface area contributed by atoms with Crippen LogP contribution < -0.4 is 5.32 Å². The van der Waals surface area contributed by atoms with Crippen LogP contribution >= 0.6 is 0 Å². The van der Waals surface area contributed by atoms with Crippen molar-refractivity contribution in [2.45, 2.75) is 44.9 Å². The SMILES string of the molecule is CCCC(O)CNC(C)C(c1ccccc1)N1CCOCC1. The van der Waals surface area contributed by atoms with Crippen molar-refractivity contribution in [2.75, 3.05) is 32.8 Å². The molecule has 4 nitrogen and oxygen atoms in total. The van der Waals surface area contributed by atoms with E-state index >= 15 is 0 Å². The van der Waals surface area contributed by atoms with Crippen molar-refractivity contribution in [3.63, 3.8) is 0 Å². The van der Waals surface area contributed by atoms with Gasteiger partial charge in [0.05, 0.1) is 25.4 Å². The summed E-state index contributed by atoms with van der Waals surface area (Å²) in [6.45, 7) is 8.50. The molecule has 124 valence electrons. The maximum absolute atomic E-state index is 9.96. The van der Waals surface area contributed by atoms with E-state index in [1.807, 2.05) is 0 Å². The highest BCUT2D eigenvalue weighted by molar-refractivity contribution is 5.21. The number of aliphatic hydroxyl groups is 1. The average Bonchev–Trinajstić information content (AvgIpc) is 2.55. The number of aliphatic hydroxyl groups excluding tert-OH is 1. The molecule has 0 aliphatic carbocycles. The van der Waals surface area contributed by atoms with Crippen LogP contribution in [0.5, 0.6) is 0 Å². The van der Waals surface area contributed by atoms with Crippen LogP contribution in [-0.4, -0.2) is 55.0 Å². The Balaban J connectivity index is 2.03. The van der Waals surface area contributed by atoms with E-state index < -0.39 is 0 Å². The van der Waals surface area contributed by atoms with E-state index in [0.29, 0.717) is 12.6 Å². The molecule has 1 heterocycles. The predicted octanol–water partition coefficient (Wildman–Crippen LogP) is 2.20. The van der Waals surface area contributed by atoms with Crippen molar-refractivity contribution in [3.8, 4) is 0 Å². The van der Waals surface area contributed by atoms with E-state index in [4.69, 9.17) is 4.74 Å². The summed E-state index contributed by atoms with van der Waals surface area (Å²) in [4.78, 5) is 2.49. The quantitative estimate of drug-likeness (QED) is 0.773. The molecule has 0 saturated carbocycles. The molecule has 1 saturated heterocycles. The van der Waals surface area contributed by atoms with Crippen LogP contribution in [0.2, 0.25) is 0 Å². The normalized spacial score (nSPS) is 20.5. The minimum absolute atomic E-state index is 0.256. The molecule has 4 heteroatoms. The zero-order valence-electron chi connectivity index (χ0n) is 13.9. The van der Waals surface area contributed by atoms with Crippen molar-refractivity contribution < 1.29 is 9.84 Å². The van der Waals surface area contributed by atoms with Gasteiger partial charge in [0.15, 0.2) is 0 Å². The van der Waals surface area contributed by atoms with E-state index in [9.17, 15) is 5.11 Å². The smallest absolute Gasteiger partial charge is 0.0664 e. The van der Waals surface area contributed by atoms with Gasteiger partial charge in [-0.3, -0.25) is 4.90 Å². The highest BCUT2D eigenvalue weighted by atomic mass is 16.5. The second-order valence-corrected chi connectivity index (χ2v) is 6.14. The van der Waals surface area contributed by atoms with Crippen molar-refractivity contribution in [1.82, 2.24) is 10.2 Å². The number of ether oxygens (including phenoxy) is 1. The van der Waals surface area contributed by atoms with Gasteiger partial charge in [0.25, 0.3) is 0 Å². The summed E-state index contributed by atoms with van der Waals surface area (Å²) in [5.41, 5.74) is 1.33. The molecule has 0 spiro atoms. The zero-order chi connectivity index (χ0) is 15.8. The van der Waals surface area contributed by atoms with Gasteiger partial charge in [-0.15, -0.1) is 0 Å². The lowest BCUT2D eigenvalue weighted by atomic mass is 9.98. The first-order valence-electron chi connectivity index (χ1n) is 8.50. The van der Waals surface area contributed by atoms with Crippen molar-refractivity contribution in [3.05, 3.63) is 35.9 Å². The monoisotopic (exact) mass is 306 g/mol. The lowest BCUT2D eigenvalue weighted by molar-refractivity contribution is 0.00756. The summed E-state index contributed by atoms with van der Waals surface area (Å²) in [5.74, 6) is 0. The fourth-order valence-electron chi connectivity index (χ4n) is 3.19. The summed E-state index contributed by atoms with van der Waals surface area (Å²) in [7, 11) is 0. The first-order chi connectivity index (χ1) is 10.7. The Labute approximate surface area is 134 Å². The maximum Gasteiger partial charge on any atom is 0.0664 e. The fourth-order valence-corrected chi connectivity index (χ4v) is 3.19. The molecule has 22 heavy (non-hydrogen) atoms. The van der Waals surface area contributed by atoms with Crippen molar-refractivity contribution in [1.29, 1.82) is 0 Å². The number of benzene rings is 1. The van der Waals surface area contributed by atoms with Crippen LogP contribution in [0.15, 0.2) is 30.3 Å². The topological polar surface area (TPSA) is 44.7 Å². The van der Waals surface area contributed by atoms with Crippen LogP contribution in [0.3, 0.4) is 0 Å². The Bertz CT molecular complexity index is 407. The number of rotatable bonds is 8. The number of nitrogens with zero attached hydrogens (tertiary/aromatic N) is 1. The molecule has 0 aromatic heterocycles. The van der Waals surface area contributed by atoms with Crippen LogP contribution in [0.25, 0.3) is 0 Å². The molecular weight excluding hydrogens is 276 g/mol. The molecule has 1 aliphatic rings. The van der Waals surface area contributed by atoms with Gasteiger partial charge >= 0.3 is 0 Å². The maximum atomic E-state index is 9.96. The molecule has 3 atom stereocenters. The molecule has 1 aromatic rings. The number of nitrogens with one attached hydrogen (secondary N) is 1. The molecule has 1 aliphatic heterocycles. The Morgan fingerprint density at radius 3 is 2.55 bits per heavy atom. The average molecular weight is 306 g/mol. The van der Waals surface area contributed by atoms with Crippen molar-refractivity contribution >= 4 is 0 Å². The van der Waals surface area contributed by atoms with Gasteiger partial charge in [-0.25, -0.2) is 0 Å². The molecule has 3 unspecified atom stereocenters. The third kappa shape index (κ3) is 5.06. The van der Waals surface area contributed by atoms with Gasteiger partial charge in [-0.2, -0.15) is 0 Å². The molecule has 0 radical (unpaired) electrons. The standard InChI is InChI=1S/C18H30N2O2/c1-3-7-17(21)14-19-15(2)18(16-8-5-4-6-9-16)20-10-12-22-13-11-20/h4-6,8-9,15,17-19,21H,3,7,10-14H2,1-2H3. The third-order valence-corrected chi connectivity index (χ3v) is 4.35. The van der Waals surface area contributed by atoms with Gasteiger partial charge in [0, 0.05) is 25.7 Å². The molecular formula is C18H30N2O2. The molecule has 0 amide bonds. The molecule has 2 N–H and O–H groups in total. The third-order valence-electron chi connectivity index (χ3n) is 4.35. The molecule has 1 aromatic carbocycles. The molecule has 0 bridgehead atoms. The molecule has 1 fully saturated rings. The van der Waals surface area contributed by atoms with E-state index in [1.54, 1.807) is 0 Å². The summed E-state index contributed by atoms with van der Waals surface area (Å²) in [6.07, 6.45) is 1.62. The number of hydrogen-bond donors (Lipinski definition) is 2. The first-order valence-corrected chi connectivity index (χ1v) is 8.50. The number of hydrogen-bond acceptors (Lipinski definition) is 4. The summed E-state index contributed by atoms with van der Waals surface area (Å²) in [6, 6.07) is 11.2. The fraction of sp³-hybridized carbons (Fsp3) is 0.667. The van der Waals surface area contributed by atoms with E-state index in [0.717, 1.165) is 39.1 Å². The zero-order valence-corrected chi connectivity index (χ0v) is 13.9. The van der Waals surface area contributed by atoms with E-state index in [1.165, 1.54) is 5.56 Å². The first kappa shape index (κ1) is 17.4. The van der Waals surface area contributed by atoms with Gasteiger partial charge in [-0.1, -0.05) is 43.7 Å². The van der Waals surface area contributed by atoms with E-state index in [2.05, 4.69) is 54.4 Å². The van der Waals surface area contributed by atoms with Crippen LogP contribution in [0.4, 0.5) is 0 Å². The highest BCUT2D eigenvalue weighted by Crippen LogP contribution is 2.25. The van der Waals surface area contributed by atoms with Gasteiger partial charge < -0.3 is 15.2 Å². The van der Waals surface area contributed by atoms with Crippen LogP contribution in [0.1, 0.15) is 38.3 Å². The highest BCUT2D eigenvalue weighted by Gasteiger charge is 2.27. The second kappa shape index (κ2) is 9.26. The lowest BCUT2D eigenvalue weighted by Gasteiger charge is -2.38. The Kier molecular flexibility index (Phi) is 7.33. The van der Waals surface area contributed by atoms with E-state index in [-0.39, 0.29) is 12.1 Å². The largest absolute Gasteiger partial charge is 0.392 e. The van der Waals surface area contributed by atoms with Gasteiger partial charge in [0.1, 0.15) is 0 Å². The van der Waals surface area contributed by atoms with Gasteiger partial charge in [0.2, 0.25) is 0 Å². The van der Waals surface area contributed by atoms with Crippen LogP contribution in [0, 0.1) is 0 Å². The van der Waals surface area contributed by atoms with Gasteiger partial charge in [-0.05, 0) is 18.9 Å². The summed E-state index contributed by atoms with van der Waals surface area (Å²) in [5, 5.41) is 13.5. The second-order valence-electron chi connectivity index (χ2n) is 6.14. The minimum Gasteiger partial charge on any atom is -0.392 e. The summed E-state index contributed by atoms with van der Waals surface area (Å²) < 4.78 is 5.49.